The Labute approximate surface area is 298 Å². The van der Waals surface area contributed by atoms with Crippen LogP contribution < -0.4 is 20.7 Å². The molecule has 4 atom stereocenters. The van der Waals surface area contributed by atoms with E-state index in [4.69, 9.17) is 14.2 Å². The molecule has 19 heteroatoms. The van der Waals surface area contributed by atoms with Gasteiger partial charge >= 0.3 is 12.3 Å². The van der Waals surface area contributed by atoms with E-state index in [2.05, 4.69) is 14.9 Å². The van der Waals surface area contributed by atoms with Crippen molar-refractivity contribution < 1.29 is 40.6 Å². The van der Waals surface area contributed by atoms with Gasteiger partial charge in [0.15, 0.2) is 0 Å². The first-order valence-corrected chi connectivity index (χ1v) is 19.3. The fourth-order valence-electron chi connectivity index (χ4n) is 7.35. The van der Waals surface area contributed by atoms with E-state index in [1.165, 1.54) is 28.7 Å². The summed E-state index contributed by atoms with van der Waals surface area (Å²) in [7, 11) is -4.13. The number of nitrogens with zero attached hydrogens (tertiary/aromatic N) is 5. The van der Waals surface area contributed by atoms with Gasteiger partial charge in [-0.1, -0.05) is 11.3 Å². The van der Waals surface area contributed by atoms with Crippen molar-refractivity contribution in [2.75, 3.05) is 0 Å². The lowest BCUT2D eigenvalue weighted by molar-refractivity contribution is -0.124. The van der Waals surface area contributed by atoms with Crippen LogP contribution in [0.2, 0.25) is 0 Å². The number of hydrogen-bond donors (Lipinski definition) is 1. The van der Waals surface area contributed by atoms with Crippen LogP contribution >= 0.6 is 11.3 Å². The lowest BCUT2D eigenvalue weighted by atomic mass is 10.0. The Balaban J connectivity index is 1.30. The molecule has 52 heavy (non-hydrogen) atoms. The van der Waals surface area contributed by atoms with Crippen LogP contribution in [0.3, 0.4) is 0 Å². The zero-order chi connectivity index (χ0) is 36.7. The first-order chi connectivity index (χ1) is 24.7. The summed E-state index contributed by atoms with van der Waals surface area (Å²) in [6, 6.07) is 3.03. The fourth-order valence-corrected chi connectivity index (χ4v) is 9.89. The molecule has 2 saturated carbocycles. The summed E-state index contributed by atoms with van der Waals surface area (Å²) in [5, 5.41) is 8.79. The van der Waals surface area contributed by atoms with Gasteiger partial charge in [0.1, 0.15) is 33.0 Å². The van der Waals surface area contributed by atoms with Gasteiger partial charge in [0.05, 0.1) is 47.4 Å². The summed E-state index contributed by atoms with van der Waals surface area (Å²) in [6.07, 6.45) is 4.25. The molecule has 1 N–H and O–H groups in total. The number of amides is 1. The number of sulfonamides is 1. The Morgan fingerprint density at radius 2 is 1.79 bits per heavy atom. The first kappa shape index (κ1) is 35.0. The molecule has 3 aromatic heterocycles. The highest BCUT2D eigenvalue weighted by Gasteiger charge is 2.58. The second kappa shape index (κ2) is 12.5. The predicted octanol–water partition coefficient (Wildman–Crippen LogP) is 3.81. The summed E-state index contributed by atoms with van der Waals surface area (Å²) in [5.74, 6) is -2.14. The molecule has 1 aromatic carbocycles. The molecule has 0 radical (unpaired) electrons. The number of nitrogens with one attached hydrogen (secondary N) is 1. The van der Waals surface area contributed by atoms with Gasteiger partial charge in [0.25, 0.3) is 11.5 Å². The first-order valence-electron chi connectivity index (χ1n) is 17.0. The minimum atomic E-state index is -4.13. The molecule has 0 spiro atoms. The van der Waals surface area contributed by atoms with Crippen LogP contribution in [0.25, 0.3) is 15.2 Å². The molecular formula is C33H35F3N6O8S2. The number of aryl methyl sites for hydroxylation is 1. The normalized spacial score (nSPS) is 23.5. The highest BCUT2D eigenvalue weighted by Crippen LogP contribution is 2.46. The zero-order valence-electron chi connectivity index (χ0n) is 28.1. The Kier molecular flexibility index (Phi) is 8.42. The molecule has 2 aliphatic heterocycles. The second-order valence-electron chi connectivity index (χ2n) is 14.2. The highest BCUT2D eigenvalue weighted by molar-refractivity contribution is 7.91. The predicted molar refractivity (Wildman–Crippen MR) is 180 cm³/mol. The van der Waals surface area contributed by atoms with E-state index in [0.29, 0.717) is 36.2 Å². The highest BCUT2D eigenvalue weighted by atomic mass is 32.2. The number of aromatic nitrogens is 5. The smallest absolute Gasteiger partial charge is 0.387 e. The third-order valence-electron chi connectivity index (χ3n) is 10.7. The summed E-state index contributed by atoms with van der Waals surface area (Å²) in [4.78, 5) is 44.4. The number of hydrogen-bond acceptors (Lipinski definition) is 11. The van der Waals surface area contributed by atoms with Crippen LogP contribution in [-0.2, 0) is 36.4 Å². The van der Waals surface area contributed by atoms with E-state index >= 15 is 0 Å². The van der Waals surface area contributed by atoms with Crippen molar-refractivity contribution in [3.63, 3.8) is 0 Å². The van der Waals surface area contributed by atoms with Gasteiger partial charge in [-0.2, -0.15) is 19.0 Å². The SMILES string of the molecule is Cc1c(-n2nccn2)sc2c1c(=O)n(C1(C(=O)NS(=O)(=O)C3(C)CC3)CC1)c(=O)n2CC(OC1C[C@H]2CC[C@@H](C1)O2)c1cc(F)ccc1OC(F)F. The molecule has 4 aromatic rings. The Morgan fingerprint density at radius 3 is 2.40 bits per heavy atom. The summed E-state index contributed by atoms with van der Waals surface area (Å²) >= 11 is 1.01. The molecule has 278 valence electrons. The number of rotatable bonds is 12. The van der Waals surface area contributed by atoms with E-state index < -0.39 is 68.6 Å². The number of thiophene rings is 1. The van der Waals surface area contributed by atoms with Crippen molar-refractivity contribution in [3.05, 3.63) is 68.4 Å². The fraction of sp³-hybridized carbons (Fsp3) is 0.545. The third kappa shape index (κ3) is 5.94. The summed E-state index contributed by atoms with van der Waals surface area (Å²) in [6.45, 7) is -0.546. The van der Waals surface area contributed by atoms with E-state index in [0.717, 1.165) is 46.9 Å². The van der Waals surface area contributed by atoms with Crippen molar-refractivity contribution in [3.8, 4) is 10.8 Å². The molecule has 2 aliphatic carbocycles. The molecule has 5 heterocycles. The van der Waals surface area contributed by atoms with Gasteiger partial charge < -0.3 is 14.2 Å². The molecule has 4 aliphatic rings. The van der Waals surface area contributed by atoms with Crippen LogP contribution in [0.5, 0.6) is 5.75 Å². The largest absolute Gasteiger partial charge is 0.434 e. The number of carbonyl (C=O) groups is 1. The van der Waals surface area contributed by atoms with E-state index in [1.807, 2.05) is 0 Å². The zero-order valence-corrected chi connectivity index (χ0v) is 29.7. The van der Waals surface area contributed by atoms with Crippen molar-refractivity contribution in [2.45, 2.75) is 113 Å². The van der Waals surface area contributed by atoms with Crippen molar-refractivity contribution in [1.82, 2.24) is 28.9 Å². The summed E-state index contributed by atoms with van der Waals surface area (Å²) in [5.41, 5.74) is -3.32. The van der Waals surface area contributed by atoms with Crippen molar-refractivity contribution >= 4 is 37.5 Å². The van der Waals surface area contributed by atoms with Crippen molar-refractivity contribution in [1.29, 1.82) is 0 Å². The average Bonchev–Trinajstić information content (AvgIpc) is 3.89. The number of benzene rings is 1. The van der Waals surface area contributed by atoms with E-state index in [9.17, 15) is 36.0 Å². The van der Waals surface area contributed by atoms with Crippen molar-refractivity contribution in [2.24, 2.45) is 0 Å². The van der Waals surface area contributed by atoms with Crippen LogP contribution in [0.15, 0.2) is 40.2 Å². The van der Waals surface area contributed by atoms with E-state index in [-0.39, 0.29) is 46.6 Å². The van der Waals surface area contributed by atoms with Crippen LogP contribution in [0, 0.1) is 12.7 Å². The Hall–Kier alpha value is -4.07. The maximum absolute atomic E-state index is 14.9. The topological polar surface area (TPSA) is 166 Å². The lowest BCUT2D eigenvalue weighted by Gasteiger charge is -2.32. The molecule has 14 nitrogen and oxygen atoms in total. The van der Waals surface area contributed by atoms with Gasteiger partial charge in [-0.15, -0.1) is 4.80 Å². The average molecular weight is 765 g/mol. The maximum Gasteiger partial charge on any atom is 0.387 e. The monoisotopic (exact) mass is 764 g/mol. The molecule has 1 amide bonds. The number of fused-ring (bicyclic) bond motifs is 3. The second-order valence-corrected chi connectivity index (χ2v) is 17.4. The molecule has 8 rings (SSSR count). The van der Waals surface area contributed by atoms with Gasteiger partial charge in [0, 0.05) is 11.1 Å². The molecular weight excluding hydrogens is 730 g/mol. The van der Waals surface area contributed by atoms with E-state index in [1.54, 1.807) is 6.92 Å². The molecule has 2 bridgehead atoms. The van der Waals surface area contributed by atoms with Gasteiger partial charge in [-0.25, -0.2) is 22.2 Å². The Bertz CT molecular complexity index is 2290. The van der Waals surface area contributed by atoms with Crippen LogP contribution in [-0.4, -0.2) is 68.1 Å². The number of halogens is 3. The quantitative estimate of drug-likeness (QED) is 0.224. The lowest BCUT2D eigenvalue weighted by Crippen LogP contribution is -2.54. The van der Waals surface area contributed by atoms with Gasteiger partial charge in [0.2, 0.25) is 10.0 Å². The molecule has 2 saturated heterocycles. The summed E-state index contributed by atoms with van der Waals surface area (Å²) < 4.78 is 88.7. The number of alkyl halides is 2. The standard InChI is InChI=1S/C33H35F3N6O8S2/c1-17-25-26(43)41(33(9-10-33)29(44)39-52(46,47)32(2)7-8-32)31(45)40(28(25)51-27(17)42-37-11-12-38-42)16-24(49-21-14-19-4-5-20(15-21)48-19)22-13-18(34)3-6-23(22)50-30(35)36/h3,6,11-13,19-21,24,30H,4-5,7-10,14-16H2,1-2H3,(H,39,44)/t19-,20+,21?,24?. The minimum absolute atomic E-state index is 0.00350. The maximum atomic E-state index is 14.9. The third-order valence-corrected chi connectivity index (χ3v) is 14.1. The van der Waals surface area contributed by atoms with Crippen LogP contribution in [0.4, 0.5) is 13.2 Å². The number of ether oxygens (including phenoxy) is 3. The van der Waals surface area contributed by atoms with Gasteiger partial charge in [-0.05, 0) is 83.4 Å². The van der Waals surface area contributed by atoms with Gasteiger partial charge in [-0.3, -0.25) is 18.9 Å². The minimum Gasteiger partial charge on any atom is -0.434 e. The Morgan fingerprint density at radius 1 is 1.12 bits per heavy atom. The molecule has 2 unspecified atom stereocenters. The molecule has 4 fully saturated rings. The number of carbonyl (C=O) groups excluding carboxylic acids is 1. The van der Waals surface area contributed by atoms with Crippen LogP contribution in [0.1, 0.15) is 75.5 Å².